The highest BCUT2D eigenvalue weighted by Gasteiger charge is 2.20. The van der Waals surface area contributed by atoms with Gasteiger partial charge in [-0.15, -0.1) is 0 Å². The van der Waals surface area contributed by atoms with E-state index in [1.54, 1.807) is 7.11 Å². The molecule has 0 spiro atoms. The largest absolute Gasteiger partial charge is 0.383 e. The van der Waals surface area contributed by atoms with Gasteiger partial charge in [-0.1, -0.05) is 0 Å². The Balaban J connectivity index is 1.88. The van der Waals surface area contributed by atoms with E-state index in [-0.39, 0.29) is 0 Å². The van der Waals surface area contributed by atoms with Gasteiger partial charge in [0, 0.05) is 20.2 Å². The molecule has 0 radical (unpaired) electrons. The third-order valence-electron chi connectivity index (χ3n) is 1.84. The Morgan fingerprint density at radius 1 is 1.50 bits per heavy atom. The van der Waals surface area contributed by atoms with E-state index >= 15 is 0 Å². The van der Waals surface area contributed by atoms with E-state index in [1.807, 2.05) is 0 Å². The molecule has 0 aromatic heterocycles. The lowest BCUT2D eigenvalue weighted by Gasteiger charge is -2.08. The highest BCUT2D eigenvalue weighted by Crippen LogP contribution is 2.27. The number of hydrogen-bond donors (Lipinski definition) is 2. The molecule has 1 saturated carbocycles. The minimum atomic E-state index is 0.700. The zero-order valence-electron chi connectivity index (χ0n) is 7.43. The molecular formula is C8H16N2OS. The zero-order valence-corrected chi connectivity index (χ0v) is 8.25. The smallest absolute Gasteiger partial charge is 0.166 e. The Bertz CT molecular complexity index is 148. The van der Waals surface area contributed by atoms with Crippen LogP contribution in [0.5, 0.6) is 0 Å². The summed E-state index contributed by atoms with van der Waals surface area (Å²) in [7, 11) is 1.68. The highest BCUT2D eigenvalue weighted by atomic mass is 32.1. The minimum Gasteiger partial charge on any atom is -0.383 e. The van der Waals surface area contributed by atoms with Crippen molar-refractivity contribution in [2.75, 3.05) is 26.8 Å². The number of nitrogens with one attached hydrogen (secondary N) is 2. The van der Waals surface area contributed by atoms with Gasteiger partial charge in [-0.05, 0) is 31.0 Å². The van der Waals surface area contributed by atoms with E-state index in [0.717, 1.165) is 24.1 Å². The molecule has 0 saturated heterocycles. The van der Waals surface area contributed by atoms with Crippen LogP contribution in [-0.2, 0) is 4.74 Å². The molecule has 0 bridgehead atoms. The first-order chi connectivity index (χ1) is 5.83. The van der Waals surface area contributed by atoms with Crippen molar-refractivity contribution >= 4 is 17.3 Å². The molecule has 1 fully saturated rings. The summed E-state index contributed by atoms with van der Waals surface area (Å²) in [5.41, 5.74) is 0. The molecule has 12 heavy (non-hydrogen) atoms. The molecule has 0 aromatic carbocycles. The van der Waals surface area contributed by atoms with Crippen molar-refractivity contribution in [1.29, 1.82) is 0 Å². The summed E-state index contributed by atoms with van der Waals surface area (Å²) < 4.78 is 4.88. The van der Waals surface area contributed by atoms with Gasteiger partial charge in [-0.3, -0.25) is 0 Å². The normalized spacial score (nSPS) is 15.8. The average molecular weight is 188 g/mol. The summed E-state index contributed by atoms with van der Waals surface area (Å²) in [6, 6.07) is 0. The second-order valence-electron chi connectivity index (χ2n) is 3.07. The Kier molecular flexibility index (Phi) is 4.32. The molecule has 4 heteroatoms. The molecule has 70 valence electrons. The summed E-state index contributed by atoms with van der Waals surface area (Å²) >= 11 is 5.04. The number of methoxy groups -OCH3 is 1. The summed E-state index contributed by atoms with van der Waals surface area (Å²) in [6.45, 7) is 2.51. The van der Waals surface area contributed by atoms with Crippen LogP contribution in [-0.4, -0.2) is 31.9 Å². The lowest BCUT2D eigenvalue weighted by Crippen LogP contribution is -2.37. The standard InChI is InChI=1S/C8H16N2OS/c1-11-5-4-9-8(12)10-6-7-2-3-7/h7H,2-6H2,1H3,(H2,9,10,12). The van der Waals surface area contributed by atoms with E-state index < -0.39 is 0 Å². The van der Waals surface area contributed by atoms with Crippen LogP contribution in [0, 0.1) is 5.92 Å². The molecule has 0 aliphatic heterocycles. The molecule has 0 unspecified atom stereocenters. The summed E-state index contributed by atoms with van der Waals surface area (Å²) in [5, 5.41) is 6.98. The monoisotopic (exact) mass is 188 g/mol. The van der Waals surface area contributed by atoms with Crippen molar-refractivity contribution in [1.82, 2.24) is 10.6 Å². The first kappa shape index (κ1) is 9.74. The van der Waals surface area contributed by atoms with Crippen molar-refractivity contribution in [3.63, 3.8) is 0 Å². The minimum absolute atomic E-state index is 0.700. The third kappa shape index (κ3) is 4.51. The van der Waals surface area contributed by atoms with Crippen LogP contribution in [0.1, 0.15) is 12.8 Å². The number of thiocarbonyl (C=S) groups is 1. The van der Waals surface area contributed by atoms with E-state index in [1.165, 1.54) is 12.8 Å². The van der Waals surface area contributed by atoms with E-state index in [0.29, 0.717) is 6.61 Å². The molecule has 1 aliphatic carbocycles. The summed E-state index contributed by atoms with van der Waals surface area (Å²) in [4.78, 5) is 0. The van der Waals surface area contributed by atoms with Crippen LogP contribution in [0.4, 0.5) is 0 Å². The van der Waals surface area contributed by atoms with E-state index in [9.17, 15) is 0 Å². The van der Waals surface area contributed by atoms with Gasteiger partial charge in [0.05, 0.1) is 6.61 Å². The van der Waals surface area contributed by atoms with Gasteiger partial charge < -0.3 is 15.4 Å². The molecule has 0 aromatic rings. The maximum absolute atomic E-state index is 5.04. The molecule has 0 amide bonds. The van der Waals surface area contributed by atoms with Gasteiger partial charge >= 0.3 is 0 Å². The third-order valence-corrected chi connectivity index (χ3v) is 2.13. The Labute approximate surface area is 78.9 Å². The maximum atomic E-state index is 5.04. The van der Waals surface area contributed by atoms with Crippen LogP contribution >= 0.6 is 12.2 Å². The predicted molar refractivity (Wildman–Crippen MR) is 53.2 cm³/mol. The van der Waals surface area contributed by atoms with Crippen LogP contribution in [0.3, 0.4) is 0 Å². The van der Waals surface area contributed by atoms with Gasteiger partial charge in [0.1, 0.15) is 0 Å². The molecule has 1 rings (SSSR count). The second-order valence-corrected chi connectivity index (χ2v) is 3.48. The van der Waals surface area contributed by atoms with Crippen LogP contribution in [0.25, 0.3) is 0 Å². The molecule has 0 atom stereocenters. The SMILES string of the molecule is COCCNC(=S)NCC1CC1. The van der Waals surface area contributed by atoms with Crippen LogP contribution in [0.2, 0.25) is 0 Å². The lowest BCUT2D eigenvalue weighted by atomic mass is 10.4. The van der Waals surface area contributed by atoms with Gasteiger partial charge in [-0.2, -0.15) is 0 Å². The van der Waals surface area contributed by atoms with E-state index in [2.05, 4.69) is 10.6 Å². The second kappa shape index (κ2) is 5.32. The fraction of sp³-hybridized carbons (Fsp3) is 0.875. The molecular weight excluding hydrogens is 172 g/mol. The average Bonchev–Trinajstić information content (AvgIpc) is 2.84. The fourth-order valence-electron chi connectivity index (χ4n) is 0.888. The summed E-state index contributed by atoms with van der Waals surface area (Å²) in [6.07, 6.45) is 2.71. The maximum Gasteiger partial charge on any atom is 0.166 e. The Hall–Kier alpha value is -0.350. The molecule has 1 aliphatic rings. The van der Waals surface area contributed by atoms with Gasteiger partial charge in [0.2, 0.25) is 0 Å². The topological polar surface area (TPSA) is 33.3 Å². The van der Waals surface area contributed by atoms with Crippen molar-refractivity contribution in [3.8, 4) is 0 Å². The number of ether oxygens (including phenoxy) is 1. The van der Waals surface area contributed by atoms with Gasteiger partial charge in [-0.25, -0.2) is 0 Å². The highest BCUT2D eigenvalue weighted by molar-refractivity contribution is 7.80. The summed E-state index contributed by atoms with van der Waals surface area (Å²) in [5.74, 6) is 0.868. The molecule has 3 nitrogen and oxygen atoms in total. The number of rotatable bonds is 5. The van der Waals surface area contributed by atoms with Crippen molar-refractivity contribution in [2.24, 2.45) is 5.92 Å². The van der Waals surface area contributed by atoms with Gasteiger partial charge in [0.15, 0.2) is 5.11 Å². The van der Waals surface area contributed by atoms with Gasteiger partial charge in [0.25, 0.3) is 0 Å². The molecule has 2 N–H and O–H groups in total. The first-order valence-electron chi connectivity index (χ1n) is 4.33. The lowest BCUT2D eigenvalue weighted by molar-refractivity contribution is 0.204. The quantitative estimate of drug-likeness (QED) is 0.486. The van der Waals surface area contributed by atoms with Crippen molar-refractivity contribution in [3.05, 3.63) is 0 Å². The Morgan fingerprint density at radius 2 is 2.25 bits per heavy atom. The van der Waals surface area contributed by atoms with Crippen LogP contribution in [0.15, 0.2) is 0 Å². The fourth-order valence-corrected chi connectivity index (χ4v) is 1.07. The van der Waals surface area contributed by atoms with E-state index in [4.69, 9.17) is 17.0 Å². The first-order valence-corrected chi connectivity index (χ1v) is 4.74. The van der Waals surface area contributed by atoms with Crippen molar-refractivity contribution in [2.45, 2.75) is 12.8 Å². The number of hydrogen-bond acceptors (Lipinski definition) is 2. The predicted octanol–water partition coefficient (Wildman–Crippen LogP) is 0.507. The Morgan fingerprint density at radius 3 is 2.83 bits per heavy atom. The molecule has 0 heterocycles. The van der Waals surface area contributed by atoms with Crippen LogP contribution < -0.4 is 10.6 Å². The zero-order chi connectivity index (χ0) is 8.81. The van der Waals surface area contributed by atoms with Crippen molar-refractivity contribution < 1.29 is 4.74 Å².